The molecule has 3 N–H and O–H groups in total. The van der Waals surface area contributed by atoms with Gasteiger partial charge in [-0.25, -0.2) is 4.98 Å². The van der Waals surface area contributed by atoms with Crippen molar-refractivity contribution in [3.8, 4) is 5.75 Å². The van der Waals surface area contributed by atoms with Crippen LogP contribution in [0.2, 0.25) is 0 Å². The van der Waals surface area contributed by atoms with Crippen molar-refractivity contribution in [1.29, 1.82) is 0 Å². The van der Waals surface area contributed by atoms with Gasteiger partial charge in [0.05, 0.1) is 23.9 Å². The second-order valence-electron chi connectivity index (χ2n) is 6.66. The largest absolute Gasteiger partial charge is 0.497 e. The lowest BCUT2D eigenvalue weighted by atomic mass is 10.1. The summed E-state index contributed by atoms with van der Waals surface area (Å²) in [5.74, 6) is 0.523. The summed E-state index contributed by atoms with van der Waals surface area (Å²) in [6, 6.07) is 16.7. The van der Waals surface area contributed by atoms with E-state index in [4.69, 9.17) is 4.74 Å². The highest BCUT2D eigenvalue weighted by molar-refractivity contribution is 7.17. The van der Waals surface area contributed by atoms with Crippen LogP contribution in [-0.4, -0.2) is 31.0 Å². The lowest BCUT2D eigenvalue weighted by Gasteiger charge is -2.14. The molecule has 4 aromatic rings. The van der Waals surface area contributed by atoms with E-state index in [1.54, 1.807) is 20.2 Å². The molecule has 2 aromatic heterocycles. The minimum atomic E-state index is -0.295. The SMILES string of the molecule is CNC(=O)c1cnc(Nc2cccc(OC)c2)c(NC(=O)c2csc3ccccc23)c1. The van der Waals surface area contributed by atoms with Gasteiger partial charge in [-0.2, -0.15) is 0 Å². The molecule has 4 rings (SSSR count). The van der Waals surface area contributed by atoms with Crippen LogP contribution in [0.15, 0.2) is 66.2 Å². The van der Waals surface area contributed by atoms with E-state index >= 15 is 0 Å². The number of nitrogens with one attached hydrogen (secondary N) is 3. The molecule has 0 unspecified atom stereocenters. The first kappa shape index (κ1) is 20.4. The molecular formula is C23H20N4O3S. The van der Waals surface area contributed by atoms with Crippen molar-refractivity contribution < 1.29 is 14.3 Å². The number of benzene rings is 2. The minimum Gasteiger partial charge on any atom is -0.497 e. The fourth-order valence-electron chi connectivity index (χ4n) is 3.11. The standard InChI is InChI=1S/C23H20N4O3S/c1-24-22(28)14-10-19(21(25-12-14)26-15-6-5-7-16(11-15)30-2)27-23(29)18-13-31-20-9-4-3-8-17(18)20/h3-13H,1-2H3,(H,24,28)(H,25,26)(H,27,29). The first-order valence-electron chi connectivity index (χ1n) is 9.50. The molecule has 2 amide bonds. The van der Waals surface area contributed by atoms with E-state index in [1.807, 2.05) is 53.9 Å². The molecular weight excluding hydrogens is 412 g/mol. The van der Waals surface area contributed by atoms with Crippen molar-refractivity contribution in [3.05, 3.63) is 77.3 Å². The Morgan fingerprint density at radius 3 is 2.68 bits per heavy atom. The van der Waals surface area contributed by atoms with Crippen LogP contribution in [0.5, 0.6) is 5.75 Å². The van der Waals surface area contributed by atoms with Crippen molar-refractivity contribution in [2.24, 2.45) is 0 Å². The lowest BCUT2D eigenvalue weighted by molar-refractivity contribution is 0.0961. The van der Waals surface area contributed by atoms with Crippen LogP contribution in [0, 0.1) is 0 Å². The first-order chi connectivity index (χ1) is 15.1. The topological polar surface area (TPSA) is 92.3 Å². The van der Waals surface area contributed by atoms with Gasteiger partial charge in [0.2, 0.25) is 0 Å². The Morgan fingerprint density at radius 2 is 1.87 bits per heavy atom. The highest BCUT2D eigenvalue weighted by Crippen LogP contribution is 2.29. The zero-order chi connectivity index (χ0) is 21.8. The van der Waals surface area contributed by atoms with Crippen molar-refractivity contribution >= 4 is 50.4 Å². The Kier molecular flexibility index (Phi) is 5.81. The van der Waals surface area contributed by atoms with E-state index in [-0.39, 0.29) is 11.8 Å². The molecule has 8 heteroatoms. The van der Waals surface area contributed by atoms with Gasteiger partial charge in [0.1, 0.15) is 5.75 Å². The highest BCUT2D eigenvalue weighted by Gasteiger charge is 2.17. The second-order valence-corrected chi connectivity index (χ2v) is 7.57. The smallest absolute Gasteiger partial charge is 0.257 e. The van der Waals surface area contributed by atoms with Gasteiger partial charge in [0.15, 0.2) is 5.82 Å². The fourth-order valence-corrected chi connectivity index (χ4v) is 4.05. The number of rotatable bonds is 6. The maximum Gasteiger partial charge on any atom is 0.257 e. The number of aromatic nitrogens is 1. The molecule has 7 nitrogen and oxygen atoms in total. The predicted molar refractivity (Wildman–Crippen MR) is 124 cm³/mol. The average molecular weight is 433 g/mol. The maximum absolute atomic E-state index is 13.1. The van der Waals surface area contributed by atoms with Gasteiger partial charge < -0.3 is 20.7 Å². The fraction of sp³-hybridized carbons (Fsp3) is 0.0870. The Labute approximate surface area is 183 Å². The van der Waals surface area contributed by atoms with Crippen LogP contribution in [0.4, 0.5) is 17.2 Å². The number of carbonyl (C=O) groups is 2. The van der Waals surface area contributed by atoms with Crippen LogP contribution in [0.3, 0.4) is 0 Å². The third-order valence-electron chi connectivity index (χ3n) is 4.68. The number of fused-ring (bicyclic) bond motifs is 1. The van der Waals surface area contributed by atoms with Gasteiger partial charge in [-0.3, -0.25) is 9.59 Å². The number of methoxy groups -OCH3 is 1. The molecule has 2 aromatic carbocycles. The summed E-state index contributed by atoms with van der Waals surface area (Å²) in [6.07, 6.45) is 1.46. The van der Waals surface area contributed by atoms with Crippen LogP contribution < -0.4 is 20.7 Å². The number of nitrogens with zero attached hydrogens (tertiary/aromatic N) is 1. The third-order valence-corrected chi connectivity index (χ3v) is 5.65. The summed E-state index contributed by atoms with van der Waals surface area (Å²) >= 11 is 1.51. The van der Waals surface area contributed by atoms with E-state index in [0.29, 0.717) is 28.4 Å². The van der Waals surface area contributed by atoms with Crippen LogP contribution in [0.25, 0.3) is 10.1 Å². The summed E-state index contributed by atoms with van der Waals surface area (Å²) < 4.78 is 6.29. The van der Waals surface area contributed by atoms with Gasteiger partial charge in [-0.1, -0.05) is 24.3 Å². The van der Waals surface area contributed by atoms with Crippen molar-refractivity contribution in [3.63, 3.8) is 0 Å². The van der Waals surface area contributed by atoms with Gasteiger partial charge in [0.25, 0.3) is 11.8 Å². The minimum absolute atomic E-state index is 0.276. The summed E-state index contributed by atoms with van der Waals surface area (Å²) in [5, 5.41) is 11.4. The summed E-state index contributed by atoms with van der Waals surface area (Å²) in [4.78, 5) is 29.5. The van der Waals surface area contributed by atoms with Crippen LogP contribution >= 0.6 is 11.3 Å². The lowest BCUT2D eigenvalue weighted by Crippen LogP contribution is -2.19. The average Bonchev–Trinajstić information content (AvgIpc) is 3.24. The van der Waals surface area contributed by atoms with Crippen molar-refractivity contribution in [2.45, 2.75) is 0 Å². The molecule has 0 atom stereocenters. The highest BCUT2D eigenvalue weighted by atomic mass is 32.1. The van der Waals surface area contributed by atoms with Gasteiger partial charge in [0, 0.05) is 40.5 Å². The zero-order valence-electron chi connectivity index (χ0n) is 16.9. The molecule has 0 aliphatic rings. The van der Waals surface area contributed by atoms with Gasteiger partial charge in [-0.15, -0.1) is 11.3 Å². The van der Waals surface area contributed by atoms with E-state index in [1.165, 1.54) is 17.5 Å². The second kappa shape index (κ2) is 8.85. The molecule has 0 radical (unpaired) electrons. The normalized spacial score (nSPS) is 10.5. The number of pyridine rings is 1. The molecule has 2 heterocycles. The molecule has 0 aliphatic carbocycles. The first-order valence-corrected chi connectivity index (χ1v) is 10.4. The monoisotopic (exact) mass is 432 g/mol. The summed E-state index contributed by atoms with van der Waals surface area (Å²) in [5.41, 5.74) is 2.03. The molecule has 0 bridgehead atoms. The number of carbonyl (C=O) groups excluding carboxylic acids is 2. The van der Waals surface area contributed by atoms with Crippen molar-refractivity contribution in [2.75, 3.05) is 24.8 Å². The molecule has 0 aliphatic heterocycles. The zero-order valence-corrected chi connectivity index (χ0v) is 17.7. The number of hydrogen-bond donors (Lipinski definition) is 3. The van der Waals surface area contributed by atoms with E-state index in [2.05, 4.69) is 20.9 Å². The molecule has 0 fully saturated rings. The Hall–Kier alpha value is -3.91. The van der Waals surface area contributed by atoms with E-state index in [0.717, 1.165) is 15.8 Å². The quantitative estimate of drug-likeness (QED) is 0.412. The maximum atomic E-state index is 13.1. The van der Waals surface area contributed by atoms with E-state index < -0.39 is 0 Å². The summed E-state index contributed by atoms with van der Waals surface area (Å²) in [7, 11) is 3.13. The predicted octanol–water partition coefficient (Wildman–Crippen LogP) is 4.66. The van der Waals surface area contributed by atoms with Gasteiger partial charge in [-0.05, 0) is 24.3 Å². The van der Waals surface area contributed by atoms with Gasteiger partial charge >= 0.3 is 0 Å². The Balaban J connectivity index is 1.69. The van der Waals surface area contributed by atoms with Crippen LogP contribution in [0.1, 0.15) is 20.7 Å². The van der Waals surface area contributed by atoms with E-state index in [9.17, 15) is 9.59 Å². The van der Waals surface area contributed by atoms with Crippen molar-refractivity contribution in [1.82, 2.24) is 10.3 Å². The molecule has 31 heavy (non-hydrogen) atoms. The Morgan fingerprint density at radius 1 is 1.03 bits per heavy atom. The molecule has 0 saturated carbocycles. The number of thiophene rings is 1. The molecule has 0 spiro atoms. The third kappa shape index (κ3) is 4.34. The number of hydrogen-bond acceptors (Lipinski definition) is 6. The number of amides is 2. The Bertz CT molecular complexity index is 1270. The molecule has 156 valence electrons. The number of anilines is 3. The van der Waals surface area contributed by atoms with Crippen LogP contribution in [-0.2, 0) is 0 Å². The summed E-state index contributed by atoms with van der Waals surface area (Å²) in [6.45, 7) is 0. The molecule has 0 saturated heterocycles. The number of ether oxygens (including phenoxy) is 1.